The maximum absolute atomic E-state index is 11.6. The Labute approximate surface area is 91.4 Å². The molecule has 0 bridgehead atoms. The highest BCUT2D eigenvalue weighted by molar-refractivity contribution is 5.98. The number of ether oxygens (including phenoxy) is 1. The van der Waals surface area contributed by atoms with E-state index in [-0.39, 0.29) is 17.3 Å². The van der Waals surface area contributed by atoms with Crippen LogP contribution in [0.15, 0.2) is 18.2 Å². The maximum atomic E-state index is 11.6. The summed E-state index contributed by atoms with van der Waals surface area (Å²) in [5.41, 5.74) is -0.631. The molecule has 1 amide bonds. The molecule has 1 aromatic carbocycles. The standard InChI is InChI=1S/C10H10N2O4/c1-10(2)11-9(13)7-4-3-6(12(14)15)5-8(7)16-10/h3-5H,1-2H3,(H,11,13). The number of hydrogen-bond acceptors (Lipinski definition) is 4. The molecule has 0 spiro atoms. The number of fused-ring (bicyclic) bond motifs is 1. The van der Waals surface area contributed by atoms with E-state index >= 15 is 0 Å². The summed E-state index contributed by atoms with van der Waals surface area (Å²) < 4.78 is 5.44. The molecule has 1 aliphatic heterocycles. The van der Waals surface area contributed by atoms with E-state index in [4.69, 9.17) is 4.74 Å². The number of amides is 1. The number of nitrogens with one attached hydrogen (secondary N) is 1. The minimum absolute atomic E-state index is 0.0933. The largest absolute Gasteiger partial charge is 0.468 e. The molecule has 1 heterocycles. The summed E-state index contributed by atoms with van der Waals surface area (Å²) in [7, 11) is 0. The van der Waals surface area contributed by atoms with Gasteiger partial charge >= 0.3 is 0 Å². The summed E-state index contributed by atoms with van der Waals surface area (Å²) in [5.74, 6) is -0.0518. The van der Waals surface area contributed by atoms with E-state index in [0.717, 1.165) is 0 Å². The lowest BCUT2D eigenvalue weighted by molar-refractivity contribution is -0.385. The first-order valence-corrected chi connectivity index (χ1v) is 4.69. The Morgan fingerprint density at radius 1 is 1.44 bits per heavy atom. The van der Waals surface area contributed by atoms with Gasteiger partial charge in [0.05, 0.1) is 16.6 Å². The molecule has 0 radical (unpaired) electrons. The van der Waals surface area contributed by atoms with Crippen LogP contribution < -0.4 is 10.1 Å². The van der Waals surface area contributed by atoms with Crippen LogP contribution in [0.25, 0.3) is 0 Å². The molecule has 1 aromatic rings. The molecule has 6 heteroatoms. The van der Waals surface area contributed by atoms with Crippen LogP contribution in [-0.4, -0.2) is 16.6 Å². The van der Waals surface area contributed by atoms with Crippen molar-refractivity contribution in [2.75, 3.05) is 0 Å². The summed E-state index contributed by atoms with van der Waals surface area (Å²) in [6.07, 6.45) is 0. The summed E-state index contributed by atoms with van der Waals surface area (Å²) in [4.78, 5) is 21.7. The number of nitro groups is 1. The van der Waals surface area contributed by atoms with Crippen molar-refractivity contribution >= 4 is 11.6 Å². The van der Waals surface area contributed by atoms with Crippen molar-refractivity contribution in [2.24, 2.45) is 0 Å². The van der Waals surface area contributed by atoms with E-state index < -0.39 is 10.6 Å². The molecule has 0 saturated carbocycles. The normalized spacial score (nSPS) is 17.0. The van der Waals surface area contributed by atoms with E-state index in [2.05, 4.69) is 5.32 Å². The number of carbonyl (C=O) groups is 1. The number of benzene rings is 1. The predicted molar refractivity (Wildman–Crippen MR) is 55.3 cm³/mol. The Morgan fingerprint density at radius 3 is 2.75 bits per heavy atom. The molecule has 6 nitrogen and oxygen atoms in total. The lowest BCUT2D eigenvalue weighted by Gasteiger charge is -2.32. The maximum Gasteiger partial charge on any atom is 0.273 e. The monoisotopic (exact) mass is 222 g/mol. The molecule has 0 aromatic heterocycles. The van der Waals surface area contributed by atoms with E-state index in [9.17, 15) is 14.9 Å². The highest BCUT2D eigenvalue weighted by Crippen LogP contribution is 2.30. The molecule has 16 heavy (non-hydrogen) atoms. The smallest absolute Gasteiger partial charge is 0.273 e. The van der Waals surface area contributed by atoms with Crippen LogP contribution in [0.1, 0.15) is 24.2 Å². The Bertz CT molecular complexity index is 482. The molecular weight excluding hydrogens is 212 g/mol. The molecule has 0 aliphatic carbocycles. The lowest BCUT2D eigenvalue weighted by atomic mass is 10.1. The molecular formula is C10H10N2O4. The molecule has 1 aliphatic rings. The molecule has 0 saturated heterocycles. The first kappa shape index (κ1) is 10.4. The van der Waals surface area contributed by atoms with Gasteiger partial charge in [0, 0.05) is 6.07 Å². The second-order valence-corrected chi connectivity index (χ2v) is 4.00. The zero-order chi connectivity index (χ0) is 11.9. The minimum Gasteiger partial charge on any atom is -0.468 e. The Hall–Kier alpha value is -2.11. The van der Waals surface area contributed by atoms with Gasteiger partial charge in [-0.1, -0.05) is 0 Å². The van der Waals surface area contributed by atoms with Crippen molar-refractivity contribution in [3.05, 3.63) is 33.9 Å². The van der Waals surface area contributed by atoms with Crippen LogP contribution in [0.3, 0.4) is 0 Å². The number of nitrogens with zero attached hydrogens (tertiary/aromatic N) is 1. The van der Waals surface area contributed by atoms with Gasteiger partial charge in [0.25, 0.3) is 11.6 Å². The van der Waals surface area contributed by atoms with Crippen molar-refractivity contribution < 1.29 is 14.5 Å². The van der Waals surface area contributed by atoms with E-state index in [1.807, 2.05) is 0 Å². The van der Waals surface area contributed by atoms with Crippen molar-refractivity contribution in [1.82, 2.24) is 5.32 Å². The topological polar surface area (TPSA) is 81.5 Å². The third kappa shape index (κ3) is 1.69. The Morgan fingerprint density at radius 2 is 2.12 bits per heavy atom. The Balaban J connectivity index is 2.50. The van der Waals surface area contributed by atoms with Crippen LogP contribution >= 0.6 is 0 Å². The van der Waals surface area contributed by atoms with Crippen molar-refractivity contribution in [1.29, 1.82) is 0 Å². The van der Waals surface area contributed by atoms with Crippen LogP contribution in [0.5, 0.6) is 5.75 Å². The van der Waals surface area contributed by atoms with Gasteiger partial charge in [-0.15, -0.1) is 0 Å². The summed E-state index contributed by atoms with van der Waals surface area (Å²) >= 11 is 0. The third-order valence-corrected chi connectivity index (χ3v) is 2.20. The van der Waals surface area contributed by atoms with Gasteiger partial charge < -0.3 is 10.1 Å². The first-order chi connectivity index (χ1) is 7.39. The highest BCUT2D eigenvalue weighted by Gasteiger charge is 2.32. The van der Waals surface area contributed by atoms with Gasteiger partial charge in [-0.05, 0) is 19.9 Å². The van der Waals surface area contributed by atoms with Gasteiger partial charge in [-0.25, -0.2) is 0 Å². The summed E-state index contributed by atoms with van der Waals surface area (Å²) in [6, 6.07) is 3.92. The second-order valence-electron chi connectivity index (χ2n) is 4.00. The zero-order valence-electron chi connectivity index (χ0n) is 8.81. The number of hydrogen-bond donors (Lipinski definition) is 1. The van der Waals surface area contributed by atoms with E-state index in [1.54, 1.807) is 13.8 Å². The fourth-order valence-electron chi connectivity index (χ4n) is 1.54. The van der Waals surface area contributed by atoms with Crippen LogP contribution in [0, 0.1) is 10.1 Å². The number of non-ortho nitro benzene ring substituents is 1. The predicted octanol–water partition coefficient (Wildman–Crippen LogP) is 1.45. The number of rotatable bonds is 1. The van der Waals surface area contributed by atoms with Crippen LogP contribution in [-0.2, 0) is 0 Å². The van der Waals surface area contributed by atoms with Crippen molar-refractivity contribution in [3.63, 3.8) is 0 Å². The summed E-state index contributed by atoms with van der Waals surface area (Å²) in [6.45, 7) is 3.35. The minimum atomic E-state index is -0.848. The zero-order valence-corrected chi connectivity index (χ0v) is 8.81. The highest BCUT2D eigenvalue weighted by atomic mass is 16.6. The third-order valence-electron chi connectivity index (χ3n) is 2.20. The van der Waals surface area contributed by atoms with Gasteiger partial charge in [-0.2, -0.15) is 0 Å². The number of nitro benzene ring substituents is 1. The average Bonchev–Trinajstić information content (AvgIpc) is 2.14. The average molecular weight is 222 g/mol. The molecule has 0 unspecified atom stereocenters. The van der Waals surface area contributed by atoms with Crippen LogP contribution in [0.4, 0.5) is 5.69 Å². The molecule has 84 valence electrons. The SMILES string of the molecule is CC1(C)NC(=O)c2ccc([N+](=O)[O-])cc2O1. The van der Waals surface area contributed by atoms with Crippen molar-refractivity contribution in [2.45, 2.75) is 19.6 Å². The van der Waals surface area contributed by atoms with Crippen molar-refractivity contribution in [3.8, 4) is 5.75 Å². The Kier molecular flexibility index (Phi) is 2.08. The van der Waals surface area contributed by atoms with E-state index in [0.29, 0.717) is 5.56 Å². The molecule has 0 fully saturated rings. The second kappa shape index (κ2) is 3.19. The van der Waals surface area contributed by atoms with Gasteiger partial charge in [0.15, 0.2) is 5.72 Å². The first-order valence-electron chi connectivity index (χ1n) is 4.69. The summed E-state index contributed by atoms with van der Waals surface area (Å²) in [5, 5.41) is 13.2. The molecule has 1 N–H and O–H groups in total. The quantitative estimate of drug-likeness (QED) is 0.576. The molecule has 0 atom stereocenters. The fourth-order valence-corrected chi connectivity index (χ4v) is 1.54. The number of carbonyl (C=O) groups excluding carboxylic acids is 1. The van der Waals surface area contributed by atoms with E-state index in [1.165, 1.54) is 18.2 Å². The fraction of sp³-hybridized carbons (Fsp3) is 0.300. The lowest BCUT2D eigenvalue weighted by Crippen LogP contribution is -2.51. The van der Waals surface area contributed by atoms with Gasteiger partial charge in [-0.3, -0.25) is 14.9 Å². The van der Waals surface area contributed by atoms with Gasteiger partial charge in [0.1, 0.15) is 5.75 Å². The van der Waals surface area contributed by atoms with Gasteiger partial charge in [0.2, 0.25) is 0 Å². The van der Waals surface area contributed by atoms with Crippen LogP contribution in [0.2, 0.25) is 0 Å². The molecule has 2 rings (SSSR count).